The molecule has 4 nitrogen and oxygen atoms in total. The number of rotatable bonds is 4. The van der Waals surface area contributed by atoms with E-state index >= 15 is 0 Å². The molecule has 1 aliphatic heterocycles. The lowest BCUT2D eigenvalue weighted by molar-refractivity contribution is -0.117. The second kappa shape index (κ2) is 7.15. The zero-order valence-electron chi connectivity index (χ0n) is 12.5. The number of thiazole rings is 1. The maximum absolute atomic E-state index is 12.2. The molecule has 2 heterocycles. The number of halogens is 1. The highest BCUT2D eigenvalue weighted by atomic mass is 79.9. The summed E-state index contributed by atoms with van der Waals surface area (Å²) in [6.07, 6.45) is 0.494. The van der Waals surface area contributed by atoms with Gasteiger partial charge in [0.2, 0.25) is 5.91 Å². The Balaban J connectivity index is 1.71. The van der Waals surface area contributed by atoms with E-state index in [1.54, 1.807) is 11.8 Å². The van der Waals surface area contributed by atoms with E-state index in [-0.39, 0.29) is 16.9 Å². The Morgan fingerprint density at radius 3 is 2.87 bits per heavy atom. The van der Waals surface area contributed by atoms with Gasteiger partial charge in [-0.05, 0) is 18.1 Å². The third-order valence-corrected chi connectivity index (χ3v) is 6.03. The summed E-state index contributed by atoms with van der Waals surface area (Å²) in [5.41, 5.74) is 1.91. The third-order valence-electron chi connectivity index (χ3n) is 3.59. The Hall–Kier alpha value is -1.18. The molecule has 0 bridgehead atoms. The predicted molar refractivity (Wildman–Crippen MR) is 98.8 cm³/mol. The van der Waals surface area contributed by atoms with Crippen LogP contribution in [0.3, 0.4) is 0 Å². The van der Waals surface area contributed by atoms with Crippen LogP contribution in [0.15, 0.2) is 34.1 Å². The fourth-order valence-corrected chi connectivity index (χ4v) is 4.27. The normalized spacial score (nSPS) is 17.7. The highest BCUT2D eigenvalue weighted by Gasteiger charge is 2.32. The maximum Gasteiger partial charge on any atom is 0.229 e. The molecule has 2 aromatic rings. The van der Waals surface area contributed by atoms with Gasteiger partial charge >= 0.3 is 0 Å². The van der Waals surface area contributed by atoms with E-state index in [1.807, 2.05) is 29.6 Å². The number of carbonyl (C=O) groups excluding carboxylic acids is 2. The average molecular weight is 411 g/mol. The Morgan fingerprint density at radius 1 is 1.43 bits per heavy atom. The van der Waals surface area contributed by atoms with Crippen LogP contribution in [0.4, 0.5) is 5.13 Å². The molecule has 120 valence electrons. The van der Waals surface area contributed by atoms with Gasteiger partial charge in [0.05, 0.1) is 5.69 Å². The van der Waals surface area contributed by atoms with Crippen LogP contribution in [-0.2, 0) is 9.59 Å². The summed E-state index contributed by atoms with van der Waals surface area (Å²) in [6.45, 7) is 2.21. The van der Waals surface area contributed by atoms with Crippen molar-refractivity contribution in [3.63, 3.8) is 0 Å². The summed E-state index contributed by atoms with van der Waals surface area (Å²) in [4.78, 5) is 29.6. The van der Waals surface area contributed by atoms with Gasteiger partial charge in [-0.3, -0.25) is 14.5 Å². The number of anilines is 1. The summed E-state index contributed by atoms with van der Waals surface area (Å²) in [6, 6.07) is 7.96. The minimum absolute atomic E-state index is 0.0934. The zero-order chi connectivity index (χ0) is 16.4. The van der Waals surface area contributed by atoms with E-state index in [4.69, 9.17) is 0 Å². The van der Waals surface area contributed by atoms with Crippen molar-refractivity contribution in [2.45, 2.75) is 13.3 Å². The lowest BCUT2D eigenvalue weighted by Crippen LogP contribution is -2.24. The van der Waals surface area contributed by atoms with E-state index < -0.39 is 0 Å². The molecule has 0 spiro atoms. The van der Waals surface area contributed by atoms with Crippen LogP contribution in [0.5, 0.6) is 0 Å². The largest absolute Gasteiger partial charge is 0.288 e. The predicted octanol–water partition coefficient (Wildman–Crippen LogP) is 4.21. The second-order valence-corrected chi connectivity index (χ2v) is 8.35. The van der Waals surface area contributed by atoms with Crippen LogP contribution in [-0.4, -0.2) is 28.3 Å². The molecule has 1 unspecified atom stereocenters. The van der Waals surface area contributed by atoms with Crippen molar-refractivity contribution in [3.8, 4) is 11.3 Å². The van der Waals surface area contributed by atoms with Crippen LogP contribution in [0, 0.1) is 5.92 Å². The van der Waals surface area contributed by atoms with E-state index in [0.29, 0.717) is 18.7 Å². The van der Waals surface area contributed by atoms with Crippen LogP contribution in [0.2, 0.25) is 0 Å². The van der Waals surface area contributed by atoms with Gasteiger partial charge in [0, 0.05) is 41.1 Å². The molecule has 1 aromatic carbocycles. The number of nitrogens with zero attached hydrogens (tertiary/aromatic N) is 2. The van der Waals surface area contributed by atoms with Crippen LogP contribution < -0.4 is 4.90 Å². The Bertz CT molecular complexity index is 730. The van der Waals surface area contributed by atoms with Gasteiger partial charge in [-0.25, -0.2) is 4.98 Å². The highest BCUT2D eigenvalue weighted by Crippen LogP contribution is 2.32. The van der Waals surface area contributed by atoms with Crippen LogP contribution >= 0.6 is 39.0 Å². The number of aromatic nitrogens is 1. The summed E-state index contributed by atoms with van der Waals surface area (Å²) in [5, 5.41) is 2.81. The maximum atomic E-state index is 12.2. The van der Waals surface area contributed by atoms with Crippen molar-refractivity contribution in [1.82, 2.24) is 4.98 Å². The van der Waals surface area contributed by atoms with Crippen molar-refractivity contribution in [2.75, 3.05) is 17.2 Å². The van der Waals surface area contributed by atoms with Gasteiger partial charge in [0.1, 0.15) is 0 Å². The Labute approximate surface area is 151 Å². The minimum Gasteiger partial charge on any atom is -0.288 e. The summed E-state index contributed by atoms with van der Waals surface area (Å²) < 4.78 is 1.03. The van der Waals surface area contributed by atoms with E-state index in [9.17, 15) is 9.59 Å². The molecule has 3 rings (SSSR count). The first-order valence-corrected chi connectivity index (χ1v) is 9.84. The molecule has 0 aliphatic carbocycles. The van der Waals surface area contributed by atoms with Gasteiger partial charge in [0.25, 0.3) is 0 Å². The van der Waals surface area contributed by atoms with Crippen molar-refractivity contribution in [3.05, 3.63) is 34.1 Å². The second-order valence-electron chi connectivity index (χ2n) is 5.40. The molecule has 1 saturated heterocycles. The first kappa shape index (κ1) is 16.7. The number of thioether (sulfide) groups is 1. The van der Waals surface area contributed by atoms with Crippen LogP contribution in [0.25, 0.3) is 11.3 Å². The van der Waals surface area contributed by atoms with Crippen molar-refractivity contribution in [2.24, 2.45) is 5.92 Å². The highest BCUT2D eigenvalue weighted by molar-refractivity contribution is 9.10. The van der Waals surface area contributed by atoms with Crippen molar-refractivity contribution >= 4 is 55.2 Å². The molecule has 0 saturated carbocycles. The van der Waals surface area contributed by atoms with Gasteiger partial charge < -0.3 is 0 Å². The Kier molecular flexibility index (Phi) is 5.18. The quantitative estimate of drug-likeness (QED) is 0.757. The fourth-order valence-electron chi connectivity index (χ4n) is 2.45. The average Bonchev–Trinajstić information content (AvgIpc) is 3.12. The van der Waals surface area contributed by atoms with Crippen LogP contribution in [0.1, 0.15) is 13.3 Å². The van der Waals surface area contributed by atoms with Gasteiger partial charge in [-0.15, -0.1) is 11.3 Å². The SMILES string of the molecule is CC(=O)SCC1CC(=O)N(c2nc(-c3ccc(Br)cc3)cs2)C1. The minimum atomic E-state index is 0.0934. The van der Waals surface area contributed by atoms with Gasteiger partial charge in [0.15, 0.2) is 10.2 Å². The molecule has 1 aromatic heterocycles. The van der Waals surface area contributed by atoms with Gasteiger partial charge in [-0.2, -0.15) is 0 Å². The molecule has 7 heteroatoms. The molecule has 1 fully saturated rings. The number of hydrogen-bond acceptors (Lipinski definition) is 5. The first-order chi connectivity index (χ1) is 11.0. The lowest BCUT2D eigenvalue weighted by atomic mass is 10.1. The smallest absolute Gasteiger partial charge is 0.229 e. The van der Waals surface area contributed by atoms with Crippen molar-refractivity contribution in [1.29, 1.82) is 0 Å². The molecule has 0 N–H and O–H groups in total. The standard InChI is InChI=1S/C16H15BrN2O2S2/c1-10(20)22-8-11-6-15(21)19(7-11)16-18-14(9-23-16)12-2-4-13(17)5-3-12/h2-5,9,11H,6-8H2,1H3. The molecule has 1 amide bonds. The molecule has 0 radical (unpaired) electrons. The van der Waals surface area contributed by atoms with E-state index in [1.165, 1.54) is 23.1 Å². The lowest BCUT2D eigenvalue weighted by Gasteiger charge is -2.12. The summed E-state index contributed by atoms with van der Waals surface area (Å²) >= 11 is 6.20. The van der Waals surface area contributed by atoms with E-state index in [0.717, 1.165) is 20.9 Å². The summed E-state index contributed by atoms with van der Waals surface area (Å²) in [7, 11) is 0. The number of carbonyl (C=O) groups is 2. The topological polar surface area (TPSA) is 50.3 Å². The third kappa shape index (κ3) is 4.02. The fraction of sp³-hybridized carbons (Fsp3) is 0.312. The monoisotopic (exact) mass is 410 g/mol. The first-order valence-electron chi connectivity index (χ1n) is 7.18. The molecule has 1 aliphatic rings. The number of benzene rings is 1. The summed E-state index contributed by atoms with van der Waals surface area (Å²) in [5.74, 6) is 1.01. The molecule has 23 heavy (non-hydrogen) atoms. The number of amides is 1. The molecular formula is C16H15BrN2O2S2. The van der Waals surface area contributed by atoms with E-state index in [2.05, 4.69) is 20.9 Å². The Morgan fingerprint density at radius 2 is 2.17 bits per heavy atom. The van der Waals surface area contributed by atoms with Crippen molar-refractivity contribution < 1.29 is 9.59 Å². The molecule has 1 atom stereocenters. The molecular weight excluding hydrogens is 396 g/mol. The number of hydrogen-bond donors (Lipinski definition) is 0. The zero-order valence-corrected chi connectivity index (χ0v) is 15.7. The van der Waals surface area contributed by atoms with Gasteiger partial charge in [-0.1, -0.05) is 39.8 Å².